The number of nitro benzene ring substituents is 1. The standard InChI is InChI=1S/C15H19N3O5S/c1-3-11-17(12-4-2)15(19)9-10-16-24(22,23)14-7-5-13(6-8-14)18(20)21/h3-8,16H,1-2,9-12H2. The smallest absolute Gasteiger partial charge is 0.269 e. The zero-order chi connectivity index (χ0) is 18.2. The molecule has 0 aliphatic carbocycles. The minimum atomic E-state index is -3.83. The molecule has 0 saturated carbocycles. The minimum Gasteiger partial charge on any atom is -0.335 e. The van der Waals surface area contributed by atoms with Gasteiger partial charge >= 0.3 is 0 Å². The van der Waals surface area contributed by atoms with Gasteiger partial charge in [0.15, 0.2) is 0 Å². The third-order valence-corrected chi connectivity index (χ3v) is 4.52. The van der Waals surface area contributed by atoms with Gasteiger partial charge in [0.05, 0.1) is 9.82 Å². The molecule has 0 aromatic heterocycles. The monoisotopic (exact) mass is 353 g/mol. The van der Waals surface area contributed by atoms with Crippen molar-refractivity contribution in [3.05, 3.63) is 59.7 Å². The van der Waals surface area contributed by atoms with Crippen LogP contribution < -0.4 is 4.72 Å². The fraction of sp³-hybridized carbons (Fsp3) is 0.267. The van der Waals surface area contributed by atoms with E-state index in [0.717, 1.165) is 24.3 Å². The molecule has 1 amide bonds. The summed E-state index contributed by atoms with van der Waals surface area (Å²) in [4.78, 5) is 23.3. The van der Waals surface area contributed by atoms with Crippen molar-refractivity contribution in [3.8, 4) is 0 Å². The predicted molar refractivity (Wildman–Crippen MR) is 89.9 cm³/mol. The molecule has 0 heterocycles. The quantitative estimate of drug-likeness (QED) is 0.389. The van der Waals surface area contributed by atoms with Gasteiger partial charge in [0, 0.05) is 38.2 Å². The Morgan fingerprint density at radius 1 is 1.21 bits per heavy atom. The molecule has 0 radical (unpaired) electrons. The number of carbonyl (C=O) groups is 1. The zero-order valence-electron chi connectivity index (χ0n) is 13.1. The molecule has 130 valence electrons. The van der Waals surface area contributed by atoms with Crippen LogP contribution >= 0.6 is 0 Å². The van der Waals surface area contributed by atoms with E-state index in [1.54, 1.807) is 12.2 Å². The van der Waals surface area contributed by atoms with E-state index in [9.17, 15) is 23.3 Å². The minimum absolute atomic E-state index is 0.0199. The van der Waals surface area contributed by atoms with Crippen molar-refractivity contribution in [2.75, 3.05) is 19.6 Å². The Morgan fingerprint density at radius 3 is 2.21 bits per heavy atom. The molecule has 0 unspecified atom stereocenters. The Balaban J connectivity index is 2.64. The Kier molecular flexibility index (Phi) is 7.28. The van der Waals surface area contributed by atoms with Crippen LogP contribution in [0.4, 0.5) is 5.69 Å². The number of nitrogens with zero attached hydrogens (tertiary/aromatic N) is 2. The highest BCUT2D eigenvalue weighted by Crippen LogP contribution is 2.15. The lowest BCUT2D eigenvalue weighted by Gasteiger charge is -2.19. The Labute approximate surface area is 140 Å². The summed E-state index contributed by atoms with van der Waals surface area (Å²) < 4.78 is 26.5. The Hall–Kier alpha value is -2.52. The second-order valence-electron chi connectivity index (χ2n) is 4.77. The fourth-order valence-corrected chi connectivity index (χ4v) is 2.90. The van der Waals surface area contributed by atoms with Crippen LogP contribution in [0.25, 0.3) is 0 Å². The van der Waals surface area contributed by atoms with Gasteiger partial charge < -0.3 is 4.90 Å². The lowest BCUT2D eigenvalue weighted by molar-refractivity contribution is -0.384. The molecule has 0 bridgehead atoms. The van der Waals surface area contributed by atoms with E-state index >= 15 is 0 Å². The van der Waals surface area contributed by atoms with Gasteiger partial charge in [0.2, 0.25) is 15.9 Å². The molecule has 1 rings (SSSR count). The van der Waals surface area contributed by atoms with Crippen molar-refractivity contribution in [1.29, 1.82) is 0 Å². The van der Waals surface area contributed by atoms with Crippen molar-refractivity contribution >= 4 is 21.6 Å². The summed E-state index contributed by atoms with van der Waals surface area (Å²) in [7, 11) is -3.83. The van der Waals surface area contributed by atoms with E-state index in [1.165, 1.54) is 4.90 Å². The Morgan fingerprint density at radius 2 is 1.75 bits per heavy atom. The largest absolute Gasteiger partial charge is 0.335 e. The third-order valence-electron chi connectivity index (χ3n) is 3.04. The first kappa shape index (κ1) is 19.5. The van der Waals surface area contributed by atoms with Crippen LogP contribution in [0.3, 0.4) is 0 Å². The second-order valence-corrected chi connectivity index (χ2v) is 6.54. The number of non-ortho nitro benzene ring substituents is 1. The highest BCUT2D eigenvalue weighted by atomic mass is 32.2. The summed E-state index contributed by atoms with van der Waals surface area (Å²) in [5, 5.41) is 10.6. The fourth-order valence-electron chi connectivity index (χ4n) is 1.87. The van der Waals surface area contributed by atoms with Crippen molar-refractivity contribution in [2.24, 2.45) is 0 Å². The van der Waals surface area contributed by atoms with E-state index in [4.69, 9.17) is 0 Å². The molecule has 1 N–H and O–H groups in total. The highest BCUT2D eigenvalue weighted by molar-refractivity contribution is 7.89. The van der Waals surface area contributed by atoms with E-state index in [1.807, 2.05) is 0 Å². The normalized spacial score (nSPS) is 10.8. The molecule has 1 aromatic carbocycles. The summed E-state index contributed by atoms with van der Waals surface area (Å²) in [5.41, 5.74) is -0.200. The summed E-state index contributed by atoms with van der Waals surface area (Å²) in [6.45, 7) is 7.73. The summed E-state index contributed by atoms with van der Waals surface area (Å²) in [6.07, 6.45) is 3.12. The maximum atomic E-state index is 12.1. The average molecular weight is 353 g/mol. The van der Waals surface area contributed by atoms with Crippen LogP contribution in [-0.2, 0) is 14.8 Å². The molecule has 0 aliphatic heterocycles. The molecule has 9 heteroatoms. The molecule has 24 heavy (non-hydrogen) atoms. The van der Waals surface area contributed by atoms with Crippen LogP contribution in [0.2, 0.25) is 0 Å². The lowest BCUT2D eigenvalue weighted by atomic mass is 10.3. The van der Waals surface area contributed by atoms with Crippen molar-refractivity contribution < 1.29 is 18.1 Å². The first-order chi connectivity index (χ1) is 11.3. The molecular formula is C15H19N3O5S. The van der Waals surface area contributed by atoms with Crippen molar-refractivity contribution in [2.45, 2.75) is 11.3 Å². The van der Waals surface area contributed by atoms with Crippen LogP contribution in [-0.4, -0.2) is 43.8 Å². The van der Waals surface area contributed by atoms with Crippen LogP contribution in [0, 0.1) is 10.1 Å². The van der Waals surface area contributed by atoms with Crippen LogP contribution in [0.5, 0.6) is 0 Å². The van der Waals surface area contributed by atoms with Crippen LogP contribution in [0.1, 0.15) is 6.42 Å². The lowest BCUT2D eigenvalue weighted by Crippen LogP contribution is -2.34. The predicted octanol–water partition coefficient (Wildman–Crippen LogP) is 1.46. The number of amides is 1. The number of hydrogen-bond donors (Lipinski definition) is 1. The first-order valence-corrected chi connectivity index (χ1v) is 8.54. The van der Waals surface area contributed by atoms with Gasteiger partial charge in [-0.1, -0.05) is 12.2 Å². The molecular weight excluding hydrogens is 334 g/mol. The van der Waals surface area contributed by atoms with E-state index in [0.29, 0.717) is 13.1 Å². The van der Waals surface area contributed by atoms with E-state index in [2.05, 4.69) is 17.9 Å². The van der Waals surface area contributed by atoms with E-state index in [-0.39, 0.29) is 29.5 Å². The van der Waals surface area contributed by atoms with Gasteiger partial charge in [-0.2, -0.15) is 0 Å². The molecule has 8 nitrogen and oxygen atoms in total. The zero-order valence-corrected chi connectivity index (χ0v) is 13.9. The van der Waals surface area contributed by atoms with Gasteiger partial charge in [-0.15, -0.1) is 13.2 Å². The van der Waals surface area contributed by atoms with Gasteiger partial charge in [0.1, 0.15) is 0 Å². The number of carbonyl (C=O) groups excluding carboxylic acids is 1. The number of hydrogen-bond acceptors (Lipinski definition) is 5. The highest BCUT2D eigenvalue weighted by Gasteiger charge is 2.17. The summed E-state index contributed by atoms with van der Waals surface area (Å²) >= 11 is 0. The number of benzene rings is 1. The SMILES string of the molecule is C=CCN(CC=C)C(=O)CCNS(=O)(=O)c1ccc([N+](=O)[O-])cc1. The maximum Gasteiger partial charge on any atom is 0.269 e. The van der Waals surface area contributed by atoms with Crippen molar-refractivity contribution in [1.82, 2.24) is 9.62 Å². The average Bonchev–Trinajstić information content (AvgIpc) is 2.54. The summed E-state index contributed by atoms with van der Waals surface area (Å²) in [6, 6.07) is 4.50. The topological polar surface area (TPSA) is 110 Å². The van der Waals surface area contributed by atoms with Crippen LogP contribution in [0.15, 0.2) is 54.5 Å². The first-order valence-electron chi connectivity index (χ1n) is 7.05. The van der Waals surface area contributed by atoms with Gasteiger partial charge in [-0.25, -0.2) is 13.1 Å². The van der Waals surface area contributed by atoms with Gasteiger partial charge in [-0.05, 0) is 12.1 Å². The molecule has 0 saturated heterocycles. The summed E-state index contributed by atoms with van der Waals surface area (Å²) in [5.74, 6) is -0.235. The molecule has 0 atom stereocenters. The van der Waals surface area contributed by atoms with Crippen molar-refractivity contribution in [3.63, 3.8) is 0 Å². The van der Waals surface area contributed by atoms with Gasteiger partial charge in [0.25, 0.3) is 5.69 Å². The number of rotatable bonds is 10. The maximum absolute atomic E-state index is 12.1. The second kappa shape index (κ2) is 8.94. The van der Waals surface area contributed by atoms with E-state index < -0.39 is 14.9 Å². The molecule has 1 aromatic rings. The molecule has 0 spiro atoms. The molecule has 0 fully saturated rings. The number of sulfonamides is 1. The number of nitro groups is 1. The Bertz CT molecular complexity index is 703. The third kappa shape index (κ3) is 5.60. The van der Waals surface area contributed by atoms with Gasteiger partial charge in [-0.3, -0.25) is 14.9 Å². The number of nitrogens with one attached hydrogen (secondary N) is 1. The molecule has 0 aliphatic rings.